The van der Waals surface area contributed by atoms with Gasteiger partial charge in [-0.3, -0.25) is 4.57 Å². The molecule has 1 atom stereocenters. The van der Waals surface area contributed by atoms with Crippen molar-refractivity contribution in [2.75, 3.05) is 5.32 Å². The molecule has 0 aliphatic rings. The number of anilines is 1. The van der Waals surface area contributed by atoms with Crippen LogP contribution in [0.2, 0.25) is 0 Å². The smallest absolute Gasteiger partial charge is 0.406 e. The Morgan fingerprint density at radius 2 is 2.28 bits per heavy atom. The molecule has 100 valence electrons. The van der Waals surface area contributed by atoms with Crippen LogP contribution in [0.5, 0.6) is 0 Å². The molecule has 1 heterocycles. The summed E-state index contributed by atoms with van der Waals surface area (Å²) in [7, 11) is 1.57. The van der Waals surface area contributed by atoms with Crippen LogP contribution in [0.4, 0.5) is 11.6 Å². The van der Waals surface area contributed by atoms with Crippen molar-refractivity contribution >= 4 is 17.6 Å². The van der Waals surface area contributed by atoms with E-state index in [1.165, 1.54) is 10.9 Å². The Hall–Kier alpha value is -2.12. The zero-order valence-corrected chi connectivity index (χ0v) is 10.5. The van der Waals surface area contributed by atoms with Gasteiger partial charge in [-0.1, -0.05) is 13.8 Å². The highest BCUT2D eigenvalue weighted by molar-refractivity contribution is 5.77. The first-order valence-electron chi connectivity index (χ1n) is 5.48. The highest BCUT2D eigenvalue weighted by Crippen LogP contribution is 2.23. The van der Waals surface area contributed by atoms with E-state index in [0.717, 1.165) is 0 Å². The first-order chi connectivity index (χ1) is 8.32. The molecule has 1 aromatic rings. The summed E-state index contributed by atoms with van der Waals surface area (Å²) in [4.78, 5) is 24.8. The molecule has 1 aromatic heterocycles. The van der Waals surface area contributed by atoms with E-state index in [1.807, 2.05) is 13.8 Å². The number of carboxylic acid groups (broad SMARTS) is 1. The van der Waals surface area contributed by atoms with Gasteiger partial charge in [0.1, 0.15) is 6.04 Å². The van der Waals surface area contributed by atoms with Crippen molar-refractivity contribution in [3.63, 3.8) is 0 Å². The lowest BCUT2D eigenvalue weighted by Gasteiger charge is -2.17. The Labute approximate surface area is 104 Å². The lowest BCUT2D eigenvalue weighted by Crippen LogP contribution is -2.31. The Morgan fingerprint density at radius 1 is 1.67 bits per heavy atom. The predicted molar refractivity (Wildman–Crippen MR) is 64.4 cm³/mol. The van der Waals surface area contributed by atoms with Gasteiger partial charge in [0.15, 0.2) is 0 Å². The summed E-state index contributed by atoms with van der Waals surface area (Å²) in [5.74, 6) is -1.15. The van der Waals surface area contributed by atoms with Crippen LogP contribution in [-0.4, -0.2) is 31.6 Å². The maximum absolute atomic E-state index is 11.1. The lowest BCUT2D eigenvalue weighted by atomic mass is 10.0. The standard InChI is InChI=1S/C10H16N4O4/c1-6(2)4-7(10(15)16)12-9-8(14(17)18)11-5-13(9)3/h5-7,12H,4H2,1-3H3,(H,15,16)/t7-/m1/s1. The van der Waals surface area contributed by atoms with Crippen LogP contribution in [0.25, 0.3) is 0 Å². The molecular formula is C10H16N4O4. The Morgan fingerprint density at radius 3 is 2.72 bits per heavy atom. The van der Waals surface area contributed by atoms with E-state index in [-0.39, 0.29) is 17.6 Å². The molecular weight excluding hydrogens is 240 g/mol. The minimum Gasteiger partial charge on any atom is -0.480 e. The molecule has 0 spiro atoms. The number of carbonyl (C=O) groups is 1. The van der Waals surface area contributed by atoms with Gasteiger partial charge in [-0.05, 0) is 22.2 Å². The SMILES string of the molecule is CC(C)C[C@@H](Nc1c([N+](=O)[O-])ncn1C)C(=O)O. The third-order valence-corrected chi connectivity index (χ3v) is 2.41. The second-order valence-electron chi connectivity index (χ2n) is 4.45. The average molecular weight is 256 g/mol. The van der Waals surface area contributed by atoms with Gasteiger partial charge in [-0.2, -0.15) is 0 Å². The molecule has 0 unspecified atom stereocenters. The largest absolute Gasteiger partial charge is 0.480 e. The molecule has 0 saturated carbocycles. The van der Waals surface area contributed by atoms with Crippen molar-refractivity contribution in [1.82, 2.24) is 9.55 Å². The van der Waals surface area contributed by atoms with Gasteiger partial charge >= 0.3 is 11.8 Å². The van der Waals surface area contributed by atoms with E-state index in [9.17, 15) is 14.9 Å². The van der Waals surface area contributed by atoms with Crippen LogP contribution >= 0.6 is 0 Å². The van der Waals surface area contributed by atoms with E-state index >= 15 is 0 Å². The minimum absolute atomic E-state index is 0.105. The average Bonchev–Trinajstić information content (AvgIpc) is 2.58. The lowest BCUT2D eigenvalue weighted by molar-refractivity contribution is -0.388. The molecule has 0 radical (unpaired) electrons. The zero-order chi connectivity index (χ0) is 13.9. The fourth-order valence-electron chi connectivity index (χ4n) is 1.58. The maximum atomic E-state index is 11.1. The van der Waals surface area contributed by atoms with Gasteiger partial charge in [0.05, 0.1) is 0 Å². The Kier molecular flexibility index (Phi) is 4.24. The molecule has 2 N–H and O–H groups in total. The van der Waals surface area contributed by atoms with Crippen molar-refractivity contribution in [1.29, 1.82) is 0 Å². The predicted octanol–water partition coefficient (Wildman–Crippen LogP) is 1.24. The van der Waals surface area contributed by atoms with Crippen LogP contribution in [0.15, 0.2) is 6.33 Å². The summed E-state index contributed by atoms with van der Waals surface area (Å²) in [6.07, 6.45) is 1.65. The molecule has 1 rings (SSSR count). The van der Waals surface area contributed by atoms with Crippen molar-refractivity contribution in [3.05, 3.63) is 16.4 Å². The second kappa shape index (κ2) is 5.48. The summed E-state index contributed by atoms with van der Waals surface area (Å²) >= 11 is 0. The van der Waals surface area contributed by atoms with E-state index in [2.05, 4.69) is 10.3 Å². The van der Waals surface area contributed by atoms with Gasteiger partial charge in [0.2, 0.25) is 12.1 Å². The third-order valence-electron chi connectivity index (χ3n) is 2.41. The fraction of sp³-hybridized carbons (Fsp3) is 0.600. The van der Waals surface area contributed by atoms with Gasteiger partial charge in [-0.25, -0.2) is 4.79 Å². The van der Waals surface area contributed by atoms with E-state index < -0.39 is 16.9 Å². The van der Waals surface area contributed by atoms with E-state index in [0.29, 0.717) is 6.42 Å². The number of nitrogens with zero attached hydrogens (tertiary/aromatic N) is 3. The molecule has 0 aromatic carbocycles. The maximum Gasteiger partial charge on any atom is 0.406 e. The normalized spacial score (nSPS) is 12.4. The number of aromatic nitrogens is 2. The molecule has 0 bridgehead atoms. The summed E-state index contributed by atoms with van der Waals surface area (Å²) in [5.41, 5.74) is 0. The number of nitrogens with one attached hydrogen (secondary N) is 1. The monoisotopic (exact) mass is 256 g/mol. The summed E-state index contributed by atoms with van der Waals surface area (Å²) in [6.45, 7) is 3.77. The van der Waals surface area contributed by atoms with Crippen LogP contribution < -0.4 is 5.32 Å². The summed E-state index contributed by atoms with van der Waals surface area (Å²) in [5, 5.41) is 22.5. The second-order valence-corrected chi connectivity index (χ2v) is 4.45. The number of nitro groups is 1. The highest BCUT2D eigenvalue weighted by atomic mass is 16.6. The quantitative estimate of drug-likeness (QED) is 0.585. The topological polar surface area (TPSA) is 110 Å². The van der Waals surface area contributed by atoms with Crippen LogP contribution in [-0.2, 0) is 11.8 Å². The van der Waals surface area contributed by atoms with Crippen molar-refractivity contribution in [2.45, 2.75) is 26.3 Å². The number of imidazole rings is 1. The Balaban J connectivity index is 2.96. The van der Waals surface area contributed by atoms with Crippen LogP contribution in [0, 0.1) is 16.0 Å². The van der Waals surface area contributed by atoms with Gasteiger partial charge < -0.3 is 20.5 Å². The minimum atomic E-state index is -1.04. The first kappa shape index (κ1) is 13.9. The summed E-state index contributed by atoms with van der Waals surface area (Å²) in [6, 6.07) is -0.876. The number of aliphatic carboxylic acids is 1. The van der Waals surface area contributed by atoms with E-state index in [4.69, 9.17) is 5.11 Å². The fourth-order valence-corrected chi connectivity index (χ4v) is 1.58. The van der Waals surface area contributed by atoms with Crippen LogP contribution in [0.3, 0.4) is 0 Å². The third kappa shape index (κ3) is 3.19. The van der Waals surface area contributed by atoms with E-state index in [1.54, 1.807) is 7.05 Å². The number of aryl methyl sites for hydroxylation is 1. The first-order valence-corrected chi connectivity index (χ1v) is 5.48. The highest BCUT2D eigenvalue weighted by Gasteiger charge is 2.26. The van der Waals surface area contributed by atoms with Crippen molar-refractivity contribution in [3.8, 4) is 0 Å². The van der Waals surface area contributed by atoms with Gasteiger partial charge in [-0.15, -0.1) is 0 Å². The van der Waals surface area contributed by atoms with Crippen LogP contribution in [0.1, 0.15) is 20.3 Å². The molecule has 0 fully saturated rings. The molecule has 0 amide bonds. The number of carboxylic acids is 1. The molecule has 0 saturated heterocycles. The van der Waals surface area contributed by atoms with Crippen molar-refractivity contribution in [2.24, 2.45) is 13.0 Å². The van der Waals surface area contributed by atoms with Gasteiger partial charge in [0.25, 0.3) is 0 Å². The number of rotatable bonds is 6. The summed E-state index contributed by atoms with van der Waals surface area (Å²) < 4.78 is 1.40. The van der Waals surface area contributed by atoms with Gasteiger partial charge in [0, 0.05) is 7.05 Å². The van der Waals surface area contributed by atoms with Crippen molar-refractivity contribution < 1.29 is 14.8 Å². The zero-order valence-electron chi connectivity index (χ0n) is 10.5. The Bertz CT molecular complexity index is 455. The molecule has 8 heteroatoms. The molecule has 18 heavy (non-hydrogen) atoms. The number of hydrogen-bond donors (Lipinski definition) is 2. The molecule has 0 aliphatic carbocycles. The molecule has 0 aliphatic heterocycles. The molecule has 8 nitrogen and oxygen atoms in total. The number of hydrogen-bond acceptors (Lipinski definition) is 5.